The Labute approximate surface area is 457 Å². The zero-order valence-electron chi connectivity index (χ0n) is 44.9. The number of hydrogen-bond donors (Lipinski definition) is 1. The molecule has 0 spiro atoms. The summed E-state index contributed by atoms with van der Waals surface area (Å²) in [6.07, 6.45) is 5.39. The average molecular weight is 1020 g/mol. The summed E-state index contributed by atoms with van der Waals surface area (Å²) in [6.45, 7) is 20.4. The number of esters is 1. The van der Waals surface area contributed by atoms with Crippen LogP contribution in [0, 0.1) is 62.2 Å². The van der Waals surface area contributed by atoms with Crippen molar-refractivity contribution in [3.8, 4) is 45.5 Å². The van der Waals surface area contributed by atoms with E-state index in [-0.39, 0.29) is 70.7 Å². The first-order valence-corrected chi connectivity index (χ1v) is 26.1. The van der Waals surface area contributed by atoms with Gasteiger partial charge in [-0.3, -0.25) is 9.59 Å². The van der Waals surface area contributed by atoms with Gasteiger partial charge in [0.1, 0.15) is 24.7 Å². The molecular formula is C62H67LiN2O11. The first-order chi connectivity index (χ1) is 35.7. The van der Waals surface area contributed by atoms with E-state index in [0.29, 0.717) is 50.7 Å². The minimum atomic E-state index is -0.693. The third kappa shape index (κ3) is 11.1. The van der Waals surface area contributed by atoms with Crippen LogP contribution in [0.5, 0.6) is 23.3 Å². The third-order valence-electron chi connectivity index (χ3n) is 16.0. The molecule has 12 rings (SSSR count). The number of fused-ring (bicyclic) bond motifs is 6. The summed E-state index contributed by atoms with van der Waals surface area (Å²) in [6, 6.07) is 29.4. The van der Waals surface area contributed by atoms with Crippen LogP contribution in [0.1, 0.15) is 88.2 Å². The molecule has 2 saturated carbocycles. The number of carbonyl (C=O) groups is 2. The number of pyridine rings is 2. The third-order valence-corrected chi connectivity index (χ3v) is 16.0. The molecule has 6 atom stereocenters. The molecule has 2 aliphatic heterocycles. The minimum absolute atomic E-state index is 0. The van der Waals surface area contributed by atoms with E-state index in [1.807, 2.05) is 31.5 Å². The number of carboxylic acids is 1. The summed E-state index contributed by atoms with van der Waals surface area (Å²) in [4.78, 5) is 32.5. The van der Waals surface area contributed by atoms with Gasteiger partial charge in [0, 0.05) is 47.2 Å². The Balaban J connectivity index is 0.000000181. The SMILES string of the molecule is CCOC(=O)[C@H]1[C@@H]2Cc3cc(OCc4cccc(-c5c(C)cc(OCC6(C)COC6)cc5C)c4)ncc3[C@@H]21.Cc1cc(OCC2(C)COC2)cc(C)c1-c1cccc(COc2cc3c(cn2)[C@H]2[C@@H](C3)[C@@H]2C(=O)O)c1.[Li+].[OH-]. The summed E-state index contributed by atoms with van der Waals surface area (Å²) in [5.74, 6) is 3.02. The first-order valence-electron chi connectivity index (χ1n) is 26.1. The van der Waals surface area contributed by atoms with Crippen molar-refractivity contribution in [1.82, 2.24) is 9.97 Å². The van der Waals surface area contributed by atoms with Gasteiger partial charge in [-0.15, -0.1) is 0 Å². The van der Waals surface area contributed by atoms with Crippen molar-refractivity contribution >= 4 is 11.9 Å². The number of aryl methyl sites for hydroxylation is 4. The summed E-state index contributed by atoms with van der Waals surface area (Å²) in [5.41, 5.74) is 16.6. The fraction of sp³-hybridized carbons (Fsp3) is 0.419. The summed E-state index contributed by atoms with van der Waals surface area (Å²) in [5, 5.41) is 9.31. The molecule has 14 heteroatoms. The van der Waals surface area contributed by atoms with Crippen LogP contribution in [0.15, 0.2) is 97.3 Å². The van der Waals surface area contributed by atoms with Gasteiger partial charge in [0.15, 0.2) is 0 Å². The van der Waals surface area contributed by atoms with Crippen LogP contribution >= 0.6 is 0 Å². The van der Waals surface area contributed by atoms with Crippen LogP contribution in [0.3, 0.4) is 0 Å². The van der Waals surface area contributed by atoms with Gasteiger partial charge < -0.3 is 43.7 Å². The zero-order chi connectivity index (χ0) is 51.5. The Morgan fingerprint density at radius 1 is 0.618 bits per heavy atom. The molecule has 392 valence electrons. The quantitative estimate of drug-likeness (QED) is 0.0689. The standard InChI is InChI=1S/C32H35NO5.C30H31NO5.Li.H2O/c1-5-36-31(34)30-25-12-23-13-27(33-14-26(23)29(25)30)37-15-21-7-6-8-22(11-21)28-19(2)9-24(10-20(28)3)38-18-32(4)16-35-17-32;1-17-7-22(36-16-30(3)14-34-15-30)8-18(2)26(17)20-6-4-5-19(9-20)13-35-25-11-21-10-23-27(24(21)12-31-25)28(23)29(32)33;;/h6-11,13-14,25,29-30H,5,12,15-18H2,1-4H3;4-9,11-12,23,27-28H,10,13-16H2,1-3H3,(H,32,33);;1H2/q;;+1;/p-1/t25-,29-,30+;23-,27-,28+;;/m11../s1. The minimum Gasteiger partial charge on any atom is -0.870 e. The van der Waals surface area contributed by atoms with Gasteiger partial charge in [-0.05, 0) is 174 Å². The fourth-order valence-corrected chi connectivity index (χ4v) is 12.0. The van der Waals surface area contributed by atoms with Crippen molar-refractivity contribution in [1.29, 1.82) is 0 Å². The molecule has 0 unspecified atom stereocenters. The number of benzene rings is 4. The maximum atomic E-state index is 12.1. The predicted octanol–water partition coefficient (Wildman–Crippen LogP) is 7.97. The summed E-state index contributed by atoms with van der Waals surface area (Å²) < 4.78 is 40.3. The molecule has 4 aromatic carbocycles. The molecule has 13 nitrogen and oxygen atoms in total. The molecule has 76 heavy (non-hydrogen) atoms. The molecule has 4 heterocycles. The van der Waals surface area contributed by atoms with Crippen molar-refractivity contribution in [2.24, 2.45) is 34.5 Å². The van der Waals surface area contributed by atoms with Crippen molar-refractivity contribution in [3.63, 3.8) is 0 Å². The van der Waals surface area contributed by atoms with E-state index in [4.69, 9.17) is 33.2 Å². The Kier molecular flexibility index (Phi) is 15.8. The molecule has 0 radical (unpaired) electrons. The number of aromatic nitrogens is 2. The molecular weight excluding hydrogens is 956 g/mol. The van der Waals surface area contributed by atoms with Gasteiger partial charge in [0.05, 0.1) is 58.1 Å². The second-order valence-corrected chi connectivity index (χ2v) is 22.4. The van der Waals surface area contributed by atoms with E-state index in [1.54, 1.807) is 0 Å². The summed E-state index contributed by atoms with van der Waals surface area (Å²) >= 11 is 0. The van der Waals surface area contributed by atoms with Crippen LogP contribution in [-0.4, -0.2) is 78.7 Å². The van der Waals surface area contributed by atoms with Gasteiger partial charge >= 0.3 is 30.8 Å². The van der Waals surface area contributed by atoms with Gasteiger partial charge in [-0.25, -0.2) is 9.97 Å². The Hall–Kier alpha value is -6.20. The van der Waals surface area contributed by atoms with Crippen LogP contribution in [0.2, 0.25) is 0 Å². The monoisotopic (exact) mass is 1020 g/mol. The van der Waals surface area contributed by atoms with Gasteiger partial charge in [0.25, 0.3) is 0 Å². The van der Waals surface area contributed by atoms with Gasteiger partial charge in [0.2, 0.25) is 11.8 Å². The van der Waals surface area contributed by atoms with E-state index in [2.05, 4.69) is 124 Å². The largest absolute Gasteiger partial charge is 1.00 e. The maximum Gasteiger partial charge on any atom is 1.00 e. The van der Waals surface area contributed by atoms with Gasteiger partial charge in [-0.2, -0.15) is 0 Å². The van der Waals surface area contributed by atoms with E-state index in [0.717, 1.165) is 73.0 Å². The number of hydrogen-bond acceptors (Lipinski definition) is 12. The Bertz CT molecular complexity index is 3100. The smallest absolute Gasteiger partial charge is 0.870 e. The molecule has 0 amide bonds. The molecule has 2 aromatic heterocycles. The number of aliphatic carboxylic acids is 1. The zero-order valence-corrected chi connectivity index (χ0v) is 44.9. The number of nitrogens with zero attached hydrogens (tertiary/aromatic N) is 2. The molecule has 6 aromatic rings. The van der Waals surface area contributed by atoms with E-state index >= 15 is 0 Å². The number of carbonyl (C=O) groups excluding carboxylic acids is 1. The second-order valence-electron chi connectivity index (χ2n) is 22.4. The van der Waals surface area contributed by atoms with Crippen LogP contribution < -0.4 is 37.8 Å². The first kappa shape index (κ1) is 54.6. The van der Waals surface area contributed by atoms with E-state index in [1.165, 1.54) is 55.6 Å². The van der Waals surface area contributed by atoms with Gasteiger partial charge in [-0.1, -0.05) is 50.2 Å². The van der Waals surface area contributed by atoms with Crippen LogP contribution in [0.25, 0.3) is 22.3 Å². The molecule has 2 N–H and O–H groups in total. The molecule has 0 bridgehead atoms. The molecule has 4 fully saturated rings. The molecule has 6 aliphatic rings. The average Bonchev–Trinajstić information content (AvgIpc) is 4.18. The van der Waals surface area contributed by atoms with Crippen molar-refractivity contribution in [3.05, 3.63) is 153 Å². The number of carboxylic acid groups (broad SMARTS) is 1. The van der Waals surface area contributed by atoms with Crippen LogP contribution in [-0.2, 0) is 49.9 Å². The maximum absolute atomic E-state index is 12.1. The normalized spacial score (nSPS) is 21.9. The molecule has 4 aliphatic carbocycles. The second kappa shape index (κ2) is 22.0. The van der Waals surface area contributed by atoms with E-state index < -0.39 is 5.97 Å². The van der Waals surface area contributed by atoms with Crippen LogP contribution in [0.4, 0.5) is 0 Å². The Morgan fingerprint density at radius 2 is 1.04 bits per heavy atom. The van der Waals surface area contributed by atoms with Crippen molar-refractivity contribution < 1.29 is 72.2 Å². The topological polar surface area (TPSA) is 175 Å². The van der Waals surface area contributed by atoms with Crippen molar-refractivity contribution in [2.45, 2.75) is 86.4 Å². The molecule has 2 saturated heterocycles. The van der Waals surface area contributed by atoms with E-state index in [9.17, 15) is 14.7 Å². The predicted molar refractivity (Wildman–Crippen MR) is 282 cm³/mol. The fourth-order valence-electron chi connectivity index (χ4n) is 12.0. The van der Waals surface area contributed by atoms with Crippen molar-refractivity contribution in [2.75, 3.05) is 46.2 Å². The Morgan fingerprint density at radius 3 is 1.43 bits per heavy atom. The number of ether oxygens (including phenoxy) is 7. The number of rotatable bonds is 17. The summed E-state index contributed by atoms with van der Waals surface area (Å²) in [7, 11) is 0.